The summed E-state index contributed by atoms with van der Waals surface area (Å²) in [5.41, 5.74) is 8.51. The zero-order chi connectivity index (χ0) is 8.55. The Hall–Kier alpha value is -0.830. The Morgan fingerprint density at radius 3 is 3.33 bits per heavy atom. The minimum Gasteiger partial charge on any atom is -0.333 e. The highest BCUT2D eigenvalue weighted by molar-refractivity contribution is 5.15. The van der Waals surface area contributed by atoms with Crippen LogP contribution in [-0.4, -0.2) is 15.6 Å². The first-order chi connectivity index (χ1) is 5.81. The zero-order valence-electron chi connectivity index (χ0n) is 7.45. The molecule has 66 valence electrons. The van der Waals surface area contributed by atoms with Gasteiger partial charge in [-0.1, -0.05) is 6.92 Å². The summed E-state index contributed by atoms with van der Waals surface area (Å²) in [6.45, 7) is 3.10. The van der Waals surface area contributed by atoms with Gasteiger partial charge in [0.05, 0.1) is 12.0 Å². The average molecular weight is 165 g/mol. The Morgan fingerprint density at radius 2 is 2.58 bits per heavy atom. The molecular weight excluding hydrogens is 150 g/mol. The summed E-state index contributed by atoms with van der Waals surface area (Å²) >= 11 is 0. The normalized spacial score (nSPS) is 22.3. The number of hydrogen-bond acceptors (Lipinski definition) is 2. The van der Waals surface area contributed by atoms with Crippen LogP contribution in [0.25, 0.3) is 0 Å². The maximum atomic E-state index is 5.85. The second kappa shape index (κ2) is 2.90. The molecule has 1 aromatic heterocycles. The Morgan fingerprint density at radius 1 is 1.75 bits per heavy atom. The predicted molar refractivity (Wildman–Crippen MR) is 47.9 cm³/mol. The third-order valence-corrected chi connectivity index (χ3v) is 2.55. The molecule has 0 bridgehead atoms. The van der Waals surface area contributed by atoms with Crippen molar-refractivity contribution in [2.75, 3.05) is 0 Å². The summed E-state index contributed by atoms with van der Waals surface area (Å²) in [6.07, 6.45) is 5.17. The maximum absolute atomic E-state index is 5.85. The van der Waals surface area contributed by atoms with Crippen molar-refractivity contribution in [2.45, 2.75) is 38.8 Å². The smallest absolute Gasteiger partial charge is 0.0952 e. The van der Waals surface area contributed by atoms with Crippen molar-refractivity contribution in [2.24, 2.45) is 5.73 Å². The summed E-state index contributed by atoms with van der Waals surface area (Å²) in [7, 11) is 0. The van der Waals surface area contributed by atoms with Gasteiger partial charge >= 0.3 is 0 Å². The summed E-state index contributed by atoms with van der Waals surface area (Å²) in [6, 6.07) is 0.330. The molecule has 1 atom stereocenters. The van der Waals surface area contributed by atoms with Crippen LogP contribution < -0.4 is 5.73 Å². The van der Waals surface area contributed by atoms with Crippen LogP contribution in [0.3, 0.4) is 0 Å². The second-order valence-electron chi connectivity index (χ2n) is 3.44. The Kier molecular flexibility index (Phi) is 1.89. The number of rotatable bonds is 1. The van der Waals surface area contributed by atoms with Gasteiger partial charge in [-0.05, 0) is 19.3 Å². The van der Waals surface area contributed by atoms with E-state index >= 15 is 0 Å². The molecule has 1 aliphatic rings. The summed E-state index contributed by atoms with van der Waals surface area (Å²) in [5, 5.41) is 0. The third-order valence-electron chi connectivity index (χ3n) is 2.55. The first-order valence-electron chi connectivity index (χ1n) is 4.59. The molecular formula is C9H15N3. The van der Waals surface area contributed by atoms with Crippen molar-refractivity contribution in [3.8, 4) is 0 Å². The minimum atomic E-state index is 0.330. The molecule has 0 saturated heterocycles. The molecule has 2 rings (SSSR count). The van der Waals surface area contributed by atoms with Crippen molar-refractivity contribution in [3.63, 3.8) is 0 Å². The van der Waals surface area contributed by atoms with E-state index in [0.717, 1.165) is 25.8 Å². The molecule has 3 heteroatoms. The van der Waals surface area contributed by atoms with Gasteiger partial charge in [0.25, 0.3) is 0 Å². The number of hydrogen-bond donors (Lipinski definition) is 1. The van der Waals surface area contributed by atoms with E-state index in [0.29, 0.717) is 6.04 Å². The third kappa shape index (κ3) is 1.14. The van der Waals surface area contributed by atoms with E-state index in [-0.39, 0.29) is 0 Å². The van der Waals surface area contributed by atoms with E-state index in [4.69, 9.17) is 5.73 Å². The van der Waals surface area contributed by atoms with Gasteiger partial charge in [-0.25, -0.2) is 4.98 Å². The van der Waals surface area contributed by atoms with Crippen LogP contribution in [0.2, 0.25) is 0 Å². The number of aromatic nitrogens is 2. The fourth-order valence-corrected chi connectivity index (χ4v) is 1.86. The van der Waals surface area contributed by atoms with Crippen molar-refractivity contribution in [3.05, 3.63) is 17.7 Å². The van der Waals surface area contributed by atoms with Crippen LogP contribution in [0, 0.1) is 0 Å². The highest BCUT2D eigenvalue weighted by atomic mass is 15.1. The second-order valence-corrected chi connectivity index (χ2v) is 3.44. The highest BCUT2D eigenvalue weighted by Gasteiger charge is 2.17. The van der Waals surface area contributed by atoms with E-state index < -0.39 is 0 Å². The number of imidazole rings is 1. The van der Waals surface area contributed by atoms with Gasteiger partial charge in [-0.2, -0.15) is 0 Å². The zero-order valence-corrected chi connectivity index (χ0v) is 7.45. The quantitative estimate of drug-likeness (QED) is 0.666. The van der Waals surface area contributed by atoms with E-state index in [1.54, 1.807) is 0 Å². The van der Waals surface area contributed by atoms with E-state index in [2.05, 4.69) is 16.5 Å². The SMILES string of the molecule is CCc1ncn2c1CCC(N)C2. The summed E-state index contributed by atoms with van der Waals surface area (Å²) < 4.78 is 2.20. The molecule has 0 fully saturated rings. The molecule has 1 aromatic rings. The van der Waals surface area contributed by atoms with E-state index in [1.807, 2.05) is 6.33 Å². The predicted octanol–water partition coefficient (Wildman–Crippen LogP) is 0.719. The lowest BCUT2D eigenvalue weighted by Gasteiger charge is -2.20. The lowest BCUT2D eigenvalue weighted by molar-refractivity contribution is 0.458. The first-order valence-corrected chi connectivity index (χ1v) is 4.59. The standard InChI is InChI=1S/C9H15N3/c1-2-8-9-4-3-7(10)5-12(9)6-11-8/h6-7H,2-5,10H2,1H3. The molecule has 0 radical (unpaired) electrons. The van der Waals surface area contributed by atoms with Crippen LogP contribution >= 0.6 is 0 Å². The fraction of sp³-hybridized carbons (Fsp3) is 0.667. The molecule has 2 heterocycles. The molecule has 12 heavy (non-hydrogen) atoms. The van der Waals surface area contributed by atoms with Crippen molar-refractivity contribution in [1.29, 1.82) is 0 Å². The van der Waals surface area contributed by atoms with Crippen molar-refractivity contribution >= 4 is 0 Å². The highest BCUT2D eigenvalue weighted by Crippen LogP contribution is 2.17. The van der Waals surface area contributed by atoms with E-state index in [9.17, 15) is 0 Å². The Labute approximate surface area is 72.6 Å². The van der Waals surface area contributed by atoms with Gasteiger partial charge in [0.15, 0.2) is 0 Å². The van der Waals surface area contributed by atoms with Gasteiger partial charge in [0.1, 0.15) is 0 Å². The van der Waals surface area contributed by atoms with Gasteiger partial charge in [0.2, 0.25) is 0 Å². The monoisotopic (exact) mass is 165 g/mol. The lowest BCUT2D eigenvalue weighted by Crippen LogP contribution is -2.31. The van der Waals surface area contributed by atoms with Crippen LogP contribution in [0.1, 0.15) is 24.7 Å². The van der Waals surface area contributed by atoms with Crippen LogP contribution in [0.4, 0.5) is 0 Å². The summed E-state index contributed by atoms with van der Waals surface area (Å²) in [4.78, 5) is 4.36. The van der Waals surface area contributed by atoms with Crippen molar-refractivity contribution in [1.82, 2.24) is 9.55 Å². The Balaban J connectivity index is 2.32. The number of aryl methyl sites for hydroxylation is 1. The molecule has 0 aromatic carbocycles. The minimum absolute atomic E-state index is 0.330. The summed E-state index contributed by atoms with van der Waals surface area (Å²) in [5.74, 6) is 0. The number of nitrogens with zero attached hydrogens (tertiary/aromatic N) is 2. The molecule has 2 N–H and O–H groups in total. The van der Waals surface area contributed by atoms with Crippen LogP contribution in [0.15, 0.2) is 6.33 Å². The van der Waals surface area contributed by atoms with Crippen molar-refractivity contribution < 1.29 is 0 Å². The maximum Gasteiger partial charge on any atom is 0.0952 e. The molecule has 0 spiro atoms. The van der Waals surface area contributed by atoms with Gasteiger partial charge in [0, 0.05) is 18.3 Å². The van der Waals surface area contributed by atoms with Gasteiger partial charge < -0.3 is 10.3 Å². The molecule has 0 saturated carbocycles. The van der Waals surface area contributed by atoms with Crippen LogP contribution in [0.5, 0.6) is 0 Å². The molecule has 0 aliphatic carbocycles. The molecule has 1 aliphatic heterocycles. The van der Waals surface area contributed by atoms with Crippen LogP contribution in [-0.2, 0) is 19.4 Å². The topological polar surface area (TPSA) is 43.8 Å². The van der Waals surface area contributed by atoms with E-state index in [1.165, 1.54) is 11.4 Å². The molecule has 1 unspecified atom stereocenters. The molecule has 0 amide bonds. The van der Waals surface area contributed by atoms with Gasteiger partial charge in [-0.15, -0.1) is 0 Å². The largest absolute Gasteiger partial charge is 0.333 e. The number of nitrogens with two attached hydrogens (primary N) is 1. The fourth-order valence-electron chi connectivity index (χ4n) is 1.86. The lowest BCUT2D eigenvalue weighted by atomic mass is 10.0. The Bertz CT molecular complexity index is 277. The number of fused-ring (bicyclic) bond motifs is 1. The van der Waals surface area contributed by atoms with Gasteiger partial charge in [-0.3, -0.25) is 0 Å². The molecule has 3 nitrogen and oxygen atoms in total. The average Bonchev–Trinajstić information content (AvgIpc) is 2.46. The first kappa shape index (κ1) is 7.80.